The predicted octanol–water partition coefficient (Wildman–Crippen LogP) is -4.48. The van der Waals surface area contributed by atoms with Crippen LogP contribution in [0.2, 0.25) is 0 Å². The number of aliphatic hydroxyl groups excluding tert-OH is 1. The van der Waals surface area contributed by atoms with Crippen LogP contribution in [0.25, 0.3) is 21.8 Å². The van der Waals surface area contributed by atoms with E-state index in [0.717, 1.165) is 4.90 Å². The number of para-hydroxylation sites is 2. The van der Waals surface area contributed by atoms with E-state index >= 15 is 38.4 Å². The molecule has 3 fully saturated rings. The van der Waals surface area contributed by atoms with Crippen molar-refractivity contribution in [3.05, 3.63) is 72.1 Å². The molecule has 4 aromatic rings. The number of benzene rings is 2. The zero-order valence-electron chi connectivity index (χ0n) is 70.8. The van der Waals surface area contributed by atoms with Gasteiger partial charge in [-0.05, 0) is 204 Å². The third kappa shape index (κ3) is 28.3. The lowest BCUT2D eigenvalue weighted by Crippen LogP contribution is -2.62. The number of unbranched alkanes of at least 4 members (excludes halogenated alkanes) is 2. The fraction of sp³-hybridized carbons (Fsp3) is 0.622. The van der Waals surface area contributed by atoms with Crippen molar-refractivity contribution in [3.63, 3.8) is 0 Å². The number of aromatic amines is 2. The minimum atomic E-state index is -1.71. The van der Waals surface area contributed by atoms with Gasteiger partial charge in [0.1, 0.15) is 84.6 Å². The molecule has 0 spiro atoms. The fourth-order valence-corrected chi connectivity index (χ4v) is 15.7. The van der Waals surface area contributed by atoms with E-state index in [0.29, 0.717) is 65.0 Å². The van der Waals surface area contributed by atoms with Crippen molar-refractivity contribution in [1.82, 2.24) is 83.2 Å². The number of hydrogen-bond acceptors (Lipinski definition) is 22. The maximum Gasteiger partial charge on any atom is 0.246 e. The monoisotopic (exact) mass is 1710 g/mol. The minimum absolute atomic E-state index is 0.0339. The molecule has 122 heavy (non-hydrogen) atoms. The zero-order valence-corrected chi connectivity index (χ0v) is 70.8. The number of fused-ring (bicyclic) bond motifs is 4. The van der Waals surface area contributed by atoms with Crippen LogP contribution in [0.3, 0.4) is 0 Å². The largest absolute Gasteiger partial charge is 0.391 e. The van der Waals surface area contributed by atoms with Crippen molar-refractivity contribution in [3.8, 4) is 0 Å². The highest BCUT2D eigenvalue weighted by molar-refractivity contribution is 6.02. The summed E-state index contributed by atoms with van der Waals surface area (Å²) in [6.07, 6.45) is 3.17. The maximum atomic E-state index is 15.2. The summed E-state index contributed by atoms with van der Waals surface area (Å²) in [4.78, 5) is 223. The SMILES string of the molecule is CC(C)C[C@@H]1NC(=O)[C@H](Cc2c[nH]c3ccccc23)NC(=O)[C@H]([C@@H](C)O)N(C)C(=O)[C@@H]2CCCN2C(=O)[C@H]2CCCN2C(=O)[C@H](CCCCN)NC(=O)[C@H](C)NC(=O)[C@H](CCN)NC(=O)[C@H](CCCN)NC(=O)[C@H](Cc2c[nH]c3ccccc23)NC(=O)[C@H](CCCN=C(N)N)NC(=O)[C@@H](CCCCN)NC(=O)[C@H](CCCN)NC(=O)[C@H](CCN)NC1=O. The van der Waals surface area contributed by atoms with Crippen molar-refractivity contribution in [2.24, 2.45) is 56.8 Å². The maximum absolute atomic E-state index is 15.2. The van der Waals surface area contributed by atoms with Crippen LogP contribution in [0.15, 0.2) is 65.9 Å². The van der Waals surface area contributed by atoms with Crippen molar-refractivity contribution < 1.29 is 72.2 Å². The molecule has 0 aliphatic carbocycles. The third-order valence-corrected chi connectivity index (χ3v) is 22.2. The molecular formula is C82H131N25O15. The Balaban J connectivity index is 1.30. The molecule has 0 saturated carbocycles. The summed E-state index contributed by atoms with van der Waals surface area (Å²) in [5.41, 5.74) is 49.9. The van der Waals surface area contributed by atoms with Crippen molar-refractivity contribution in [2.75, 3.05) is 66.0 Å². The molecule has 0 unspecified atom stereocenters. The summed E-state index contributed by atoms with van der Waals surface area (Å²) >= 11 is 0. The predicted molar refractivity (Wildman–Crippen MR) is 458 cm³/mol. The van der Waals surface area contributed by atoms with Gasteiger partial charge in [0.15, 0.2) is 5.96 Å². The lowest BCUT2D eigenvalue weighted by atomic mass is 9.99. The number of guanidine groups is 1. The van der Waals surface area contributed by atoms with E-state index in [9.17, 15) is 33.9 Å². The molecule has 674 valence electrons. The summed E-state index contributed by atoms with van der Waals surface area (Å²) in [6, 6.07) is -5.60. The first-order valence-corrected chi connectivity index (χ1v) is 42.6. The number of nitrogens with two attached hydrogens (primary N) is 8. The van der Waals surface area contributed by atoms with E-state index in [-0.39, 0.29) is 174 Å². The molecule has 15 atom stereocenters. The van der Waals surface area contributed by atoms with Gasteiger partial charge in [-0.15, -0.1) is 0 Å². The average molecular weight is 1710 g/mol. The Hall–Kier alpha value is -10.9. The highest BCUT2D eigenvalue weighted by Gasteiger charge is 2.47. The van der Waals surface area contributed by atoms with Crippen LogP contribution >= 0.6 is 0 Å². The molecule has 7 rings (SSSR count). The average Bonchev–Trinajstić information content (AvgIpc) is 1.61. The van der Waals surface area contributed by atoms with E-state index in [2.05, 4.69) is 73.4 Å². The number of H-pyrrole nitrogens is 2. The van der Waals surface area contributed by atoms with E-state index in [1.807, 2.05) is 0 Å². The van der Waals surface area contributed by atoms with Crippen molar-refractivity contribution in [1.29, 1.82) is 0 Å². The van der Waals surface area contributed by atoms with E-state index < -0.39 is 173 Å². The molecule has 0 bridgehead atoms. The first-order chi connectivity index (χ1) is 58.4. The van der Waals surface area contributed by atoms with Gasteiger partial charge in [-0.1, -0.05) is 50.2 Å². The molecule has 2 aromatic carbocycles. The molecule has 40 nitrogen and oxygen atoms in total. The molecule has 30 N–H and O–H groups in total. The molecule has 3 aliphatic rings. The van der Waals surface area contributed by atoms with Crippen LogP contribution in [0.1, 0.15) is 161 Å². The van der Waals surface area contributed by atoms with Crippen molar-refractivity contribution in [2.45, 2.75) is 253 Å². The van der Waals surface area contributed by atoms with Gasteiger partial charge in [0, 0.05) is 73.7 Å². The number of carbonyl (C=O) groups is 14. The smallest absolute Gasteiger partial charge is 0.246 e. The van der Waals surface area contributed by atoms with Gasteiger partial charge in [0.25, 0.3) is 0 Å². The number of carbonyl (C=O) groups excluding carboxylic acids is 14. The standard InChI is InChI=1S/C82H131N25O15/c1-46(2)41-62-75(116)100-60(31-37-88)74(115)96-56(25-14-34-85)71(112)95-55(23-10-12-32-83)70(111)97-58(27-16-38-91-82(89)90)73(114)103-63(42-49-44-92-53-21-8-6-19-51(49)53)76(117)98-57(26-15-35-86)72(113)99-59(30-36-87)69(110)94-47(3)68(109)101-61(24-11-13-33-84)79(120)106-39-18-29-66(106)81(122)107-40-17-28-65(107)80(121)105(5)67(48(4)108)78(119)104-64(77(118)102-62)43-50-45-93-54-22-9-7-20-52(50)54/h6-9,19-22,44-48,55-67,92-93,108H,10-18,23-43,83-88H2,1-5H3,(H,94,110)(H,95,112)(H,96,115)(H,97,111)(H,98,117)(H,99,113)(H,100,116)(H,101,109)(H,102,118)(H,103,114)(H,104,119)(H4,89,90,91)/t47-,48+,55+,56-,57-,58-,59-,60-,61-,62-,63-,64-,65-,66+,67-/m0/s1. The lowest BCUT2D eigenvalue weighted by Gasteiger charge is -2.36. The van der Waals surface area contributed by atoms with Crippen LogP contribution in [0, 0.1) is 5.92 Å². The number of aliphatic hydroxyl groups is 1. The van der Waals surface area contributed by atoms with Gasteiger partial charge in [0.05, 0.1) is 6.10 Å². The molecule has 3 saturated heterocycles. The van der Waals surface area contributed by atoms with Crippen LogP contribution in [0.5, 0.6) is 0 Å². The Morgan fingerprint density at radius 1 is 0.410 bits per heavy atom. The summed E-state index contributed by atoms with van der Waals surface area (Å²) < 4.78 is 0. The molecular weight excluding hydrogens is 1580 g/mol. The third-order valence-electron chi connectivity index (χ3n) is 22.2. The number of hydrogen-bond donors (Lipinski definition) is 22. The lowest BCUT2D eigenvalue weighted by molar-refractivity contribution is -0.153. The zero-order chi connectivity index (χ0) is 89.3. The normalized spacial score (nSPS) is 25.5. The quantitative estimate of drug-likeness (QED) is 0.0138. The first kappa shape index (κ1) is 98.2. The number of likely N-dealkylation sites (N-methyl/N-ethyl adjacent to an activating group) is 1. The van der Waals surface area contributed by atoms with Gasteiger partial charge in [0.2, 0.25) is 82.7 Å². The number of amides is 14. The topological polar surface area (TPSA) is 653 Å². The molecule has 14 amide bonds. The Morgan fingerprint density at radius 3 is 1.19 bits per heavy atom. The molecule has 0 radical (unpaired) electrons. The van der Waals surface area contributed by atoms with Crippen molar-refractivity contribution >= 4 is 110 Å². The highest BCUT2D eigenvalue weighted by atomic mass is 16.3. The molecule has 2 aromatic heterocycles. The molecule has 5 heterocycles. The number of nitrogens with zero attached hydrogens (tertiary/aromatic N) is 4. The summed E-state index contributed by atoms with van der Waals surface area (Å²) in [7, 11) is 1.28. The van der Waals surface area contributed by atoms with Gasteiger partial charge in [-0.3, -0.25) is 72.1 Å². The summed E-state index contributed by atoms with van der Waals surface area (Å²) in [6.45, 7) is 6.43. The molecule has 40 heteroatoms. The second-order valence-corrected chi connectivity index (χ2v) is 32.1. The van der Waals surface area contributed by atoms with Gasteiger partial charge in [-0.25, -0.2) is 0 Å². The van der Waals surface area contributed by atoms with Crippen LogP contribution in [0.4, 0.5) is 0 Å². The Morgan fingerprint density at radius 2 is 0.762 bits per heavy atom. The number of aliphatic imine (C=N–C) groups is 1. The first-order valence-electron chi connectivity index (χ1n) is 42.6. The summed E-state index contributed by atoms with van der Waals surface area (Å²) in [5, 5.41) is 43.0. The second kappa shape index (κ2) is 49.3. The van der Waals surface area contributed by atoms with E-state index in [1.165, 1.54) is 30.7 Å². The molecule has 3 aliphatic heterocycles. The highest BCUT2D eigenvalue weighted by Crippen LogP contribution is 2.29. The summed E-state index contributed by atoms with van der Waals surface area (Å²) in [5.74, 6) is -12.3. The van der Waals surface area contributed by atoms with E-state index in [4.69, 9.17) is 45.9 Å². The Kier molecular flexibility index (Phi) is 39.6. The van der Waals surface area contributed by atoms with E-state index in [1.54, 1.807) is 74.8 Å². The van der Waals surface area contributed by atoms with Gasteiger partial charge in [-0.2, -0.15) is 0 Å². The number of nitrogens with one attached hydrogen (secondary N) is 13. The number of aromatic nitrogens is 2. The minimum Gasteiger partial charge on any atom is -0.391 e. The van der Waals surface area contributed by atoms with Crippen LogP contribution in [-0.4, -0.2) is 275 Å². The van der Waals surface area contributed by atoms with Crippen LogP contribution < -0.4 is 104 Å². The second-order valence-electron chi connectivity index (χ2n) is 32.1. The van der Waals surface area contributed by atoms with Gasteiger partial charge >= 0.3 is 0 Å². The number of rotatable bonds is 29. The Labute approximate surface area is 710 Å². The Bertz CT molecular complexity index is 4230. The van der Waals surface area contributed by atoms with Gasteiger partial charge < -0.3 is 134 Å². The fourth-order valence-electron chi connectivity index (χ4n) is 15.7. The van der Waals surface area contributed by atoms with Crippen LogP contribution in [-0.2, 0) is 80.0 Å².